The van der Waals surface area contributed by atoms with Crippen LogP contribution in [0.3, 0.4) is 0 Å². The van der Waals surface area contributed by atoms with Crippen LogP contribution in [0.2, 0.25) is 0 Å². The minimum Gasteiger partial charge on any atom is -0.496 e. The minimum atomic E-state index is -0.668. The van der Waals surface area contributed by atoms with E-state index in [2.05, 4.69) is 30.4 Å². The third-order valence-corrected chi connectivity index (χ3v) is 7.45. The highest BCUT2D eigenvalue weighted by Crippen LogP contribution is 2.32. The molecule has 1 saturated heterocycles. The minimum absolute atomic E-state index is 0.00441. The highest BCUT2D eigenvalue weighted by atomic mass is 16.5. The third kappa shape index (κ3) is 5.21. The third-order valence-electron chi connectivity index (χ3n) is 7.45. The smallest absolute Gasteiger partial charge is 0.295 e. The van der Waals surface area contributed by atoms with E-state index in [1.54, 1.807) is 41.6 Å². The van der Waals surface area contributed by atoms with Gasteiger partial charge in [-0.15, -0.1) is 0 Å². The molecule has 1 aliphatic rings. The van der Waals surface area contributed by atoms with E-state index >= 15 is 0 Å². The molecule has 12 heteroatoms. The number of amides is 2. The maximum atomic E-state index is 13.5. The number of hydrogen-bond donors (Lipinski definition) is 3. The molecule has 0 bridgehead atoms. The maximum absolute atomic E-state index is 13.5. The Morgan fingerprint density at radius 1 is 0.977 bits per heavy atom. The lowest BCUT2D eigenvalue weighted by atomic mass is 10.0. The number of Topliss-reactive ketones (excluding diaryl/α,β-unsaturated/α-hetero) is 1. The van der Waals surface area contributed by atoms with Crippen molar-refractivity contribution in [3.8, 4) is 5.75 Å². The number of methoxy groups -OCH3 is 1. The number of anilines is 1. The van der Waals surface area contributed by atoms with Crippen LogP contribution in [-0.4, -0.2) is 76.6 Å². The zero-order valence-electron chi connectivity index (χ0n) is 23.3. The summed E-state index contributed by atoms with van der Waals surface area (Å²) in [4.78, 5) is 54.6. The predicted molar refractivity (Wildman–Crippen MR) is 162 cm³/mol. The Labute approximate surface area is 246 Å². The Hall–Kier alpha value is -5.78. The van der Waals surface area contributed by atoms with Crippen LogP contribution < -0.4 is 20.8 Å². The van der Waals surface area contributed by atoms with Gasteiger partial charge in [0.1, 0.15) is 11.6 Å². The molecule has 2 aromatic carbocycles. The molecule has 4 heterocycles. The number of carbonyl (C=O) groups excluding carboxylic acids is 3. The highest BCUT2D eigenvalue weighted by molar-refractivity contribution is 6.45. The first-order valence-electron chi connectivity index (χ1n) is 13.6. The summed E-state index contributed by atoms with van der Waals surface area (Å²) in [7, 11) is 1.48. The van der Waals surface area contributed by atoms with Crippen LogP contribution in [0.1, 0.15) is 26.3 Å². The van der Waals surface area contributed by atoms with Crippen LogP contribution in [0.4, 0.5) is 5.82 Å². The quantitative estimate of drug-likeness (QED) is 0.0877. The zero-order valence-corrected chi connectivity index (χ0v) is 23.3. The molecule has 4 N–H and O–H groups in total. The van der Waals surface area contributed by atoms with Gasteiger partial charge in [-0.2, -0.15) is 5.10 Å². The SMILES string of the molecule is COc1ccc(/C(N)=N/NC(=O)c2cccnc2)c2[nH]cc(C(=O)C(=O)N3CCN(c4nccc5ccccc45)CC3)c12. The van der Waals surface area contributed by atoms with Crippen molar-refractivity contribution in [3.05, 3.63) is 96.1 Å². The molecule has 12 nitrogen and oxygen atoms in total. The summed E-state index contributed by atoms with van der Waals surface area (Å²) in [6, 6.07) is 16.5. The van der Waals surface area contributed by atoms with Gasteiger partial charge in [-0.3, -0.25) is 19.4 Å². The van der Waals surface area contributed by atoms with E-state index in [0.717, 1.165) is 16.6 Å². The number of aromatic nitrogens is 3. The second-order valence-corrected chi connectivity index (χ2v) is 9.91. The summed E-state index contributed by atoms with van der Waals surface area (Å²) in [6.45, 7) is 1.82. The number of rotatable bonds is 7. The van der Waals surface area contributed by atoms with Gasteiger partial charge in [0.25, 0.3) is 17.6 Å². The summed E-state index contributed by atoms with van der Waals surface area (Å²) in [5.41, 5.74) is 9.98. The number of aromatic amines is 1. The summed E-state index contributed by atoms with van der Waals surface area (Å²) in [5.74, 6) is -0.514. The Morgan fingerprint density at radius 3 is 2.56 bits per heavy atom. The maximum Gasteiger partial charge on any atom is 0.295 e. The van der Waals surface area contributed by atoms with Crippen molar-refractivity contribution in [1.29, 1.82) is 0 Å². The number of hydrazone groups is 1. The van der Waals surface area contributed by atoms with Crippen LogP contribution in [0, 0.1) is 0 Å². The molecule has 1 aliphatic heterocycles. The Morgan fingerprint density at radius 2 is 1.79 bits per heavy atom. The highest BCUT2D eigenvalue weighted by Gasteiger charge is 2.30. The van der Waals surface area contributed by atoms with Gasteiger partial charge < -0.3 is 25.3 Å². The molecule has 1 fully saturated rings. The molecule has 3 aromatic heterocycles. The number of benzene rings is 2. The number of fused-ring (bicyclic) bond motifs is 2. The number of carbonyl (C=O) groups is 3. The monoisotopic (exact) mass is 576 g/mol. The Kier molecular flexibility index (Phi) is 7.39. The van der Waals surface area contributed by atoms with Gasteiger partial charge in [0.05, 0.1) is 29.1 Å². The molecule has 5 aromatic rings. The van der Waals surface area contributed by atoms with Crippen LogP contribution in [0.15, 0.2) is 84.5 Å². The zero-order chi connectivity index (χ0) is 29.9. The van der Waals surface area contributed by atoms with E-state index < -0.39 is 17.6 Å². The lowest BCUT2D eigenvalue weighted by molar-refractivity contribution is -0.126. The van der Waals surface area contributed by atoms with E-state index in [-0.39, 0.29) is 11.4 Å². The molecule has 0 atom stereocenters. The molecule has 43 heavy (non-hydrogen) atoms. The first-order chi connectivity index (χ1) is 21.0. The van der Waals surface area contributed by atoms with Crippen molar-refractivity contribution >= 4 is 50.9 Å². The summed E-state index contributed by atoms with van der Waals surface area (Å²) < 4.78 is 5.52. The first-order valence-corrected chi connectivity index (χ1v) is 13.6. The number of nitrogens with one attached hydrogen (secondary N) is 2. The molecular formula is C31H28N8O4. The summed E-state index contributed by atoms with van der Waals surface area (Å²) in [5, 5.41) is 6.56. The topological polar surface area (TPSA) is 159 Å². The number of nitrogens with zero attached hydrogens (tertiary/aromatic N) is 5. The van der Waals surface area contributed by atoms with E-state index in [4.69, 9.17) is 10.5 Å². The van der Waals surface area contributed by atoms with Gasteiger partial charge in [-0.1, -0.05) is 24.3 Å². The number of ketones is 1. The lowest BCUT2D eigenvalue weighted by Gasteiger charge is -2.35. The Bertz CT molecular complexity index is 1870. The van der Waals surface area contributed by atoms with E-state index in [0.29, 0.717) is 54.0 Å². The van der Waals surface area contributed by atoms with E-state index in [1.165, 1.54) is 19.5 Å². The van der Waals surface area contributed by atoms with Gasteiger partial charge in [0.15, 0.2) is 5.84 Å². The van der Waals surface area contributed by atoms with Crippen molar-refractivity contribution < 1.29 is 19.1 Å². The molecule has 0 unspecified atom stereocenters. The molecule has 6 rings (SSSR count). The number of ether oxygens (including phenoxy) is 1. The predicted octanol–water partition coefficient (Wildman–Crippen LogP) is 2.70. The molecule has 0 radical (unpaired) electrons. The van der Waals surface area contributed by atoms with Crippen LogP contribution in [-0.2, 0) is 4.79 Å². The van der Waals surface area contributed by atoms with Crippen LogP contribution in [0.25, 0.3) is 21.7 Å². The van der Waals surface area contributed by atoms with Crippen molar-refractivity contribution in [1.82, 2.24) is 25.3 Å². The van der Waals surface area contributed by atoms with Crippen molar-refractivity contribution in [3.63, 3.8) is 0 Å². The number of hydrogen-bond acceptors (Lipinski definition) is 8. The fraction of sp³-hybridized carbons (Fsp3) is 0.161. The normalized spacial score (nSPS) is 13.7. The van der Waals surface area contributed by atoms with Crippen molar-refractivity contribution in [2.75, 3.05) is 38.2 Å². The molecule has 2 amide bonds. The lowest BCUT2D eigenvalue weighted by Crippen LogP contribution is -2.50. The Balaban J connectivity index is 1.21. The van der Waals surface area contributed by atoms with Gasteiger partial charge in [0.2, 0.25) is 0 Å². The average molecular weight is 577 g/mol. The largest absolute Gasteiger partial charge is 0.496 e. The summed E-state index contributed by atoms with van der Waals surface area (Å²) >= 11 is 0. The van der Waals surface area contributed by atoms with Crippen molar-refractivity contribution in [2.24, 2.45) is 10.8 Å². The fourth-order valence-electron chi connectivity index (χ4n) is 5.25. The average Bonchev–Trinajstić information content (AvgIpc) is 3.51. The number of pyridine rings is 2. The standard InChI is InChI=1S/C31H28N8O4/c1-43-24-9-8-22(28(32)36-37-30(41)20-6-4-11-33-17-20)26-25(24)23(18-35-26)27(40)31(42)39-15-13-38(14-16-39)29-21-7-3-2-5-19(21)10-12-34-29/h2-12,17-18,35H,13-16H2,1H3,(H2,32,36)(H,37,41). The number of H-pyrrole nitrogens is 1. The second kappa shape index (κ2) is 11.6. The number of amidine groups is 1. The van der Waals surface area contributed by atoms with E-state index in [1.807, 2.05) is 30.3 Å². The van der Waals surface area contributed by atoms with Crippen molar-refractivity contribution in [2.45, 2.75) is 0 Å². The molecule has 216 valence electrons. The fourth-order valence-corrected chi connectivity index (χ4v) is 5.25. The molecule has 0 spiro atoms. The summed E-state index contributed by atoms with van der Waals surface area (Å²) in [6.07, 6.45) is 6.21. The number of nitrogens with two attached hydrogens (primary N) is 1. The van der Waals surface area contributed by atoms with Crippen LogP contribution in [0.5, 0.6) is 5.75 Å². The molecule has 0 saturated carbocycles. The second-order valence-electron chi connectivity index (χ2n) is 9.91. The van der Waals surface area contributed by atoms with Gasteiger partial charge in [0, 0.05) is 61.9 Å². The first kappa shape index (κ1) is 27.4. The van der Waals surface area contributed by atoms with Gasteiger partial charge in [-0.05, 0) is 35.7 Å². The van der Waals surface area contributed by atoms with Crippen LogP contribution >= 0.6 is 0 Å². The van der Waals surface area contributed by atoms with Gasteiger partial charge in [-0.25, -0.2) is 10.4 Å². The molecular weight excluding hydrogens is 548 g/mol. The number of piperazine rings is 1. The molecule has 0 aliphatic carbocycles. The van der Waals surface area contributed by atoms with E-state index in [9.17, 15) is 14.4 Å². The van der Waals surface area contributed by atoms with Gasteiger partial charge >= 0.3 is 0 Å².